The molecule has 2 aromatic heterocycles. The predicted molar refractivity (Wildman–Crippen MR) is 104 cm³/mol. The Labute approximate surface area is 162 Å². The topological polar surface area (TPSA) is 70.5 Å². The minimum atomic E-state index is -0.257. The highest BCUT2D eigenvalue weighted by molar-refractivity contribution is 6.00. The number of fused-ring (bicyclic) bond motifs is 1. The van der Waals surface area contributed by atoms with Gasteiger partial charge in [-0.2, -0.15) is 9.61 Å². The molecule has 3 heterocycles. The SMILES string of the molecule is Cc1cc(=O)n2ncc(C(=O)N3[C@@H](CCc4ccc(F)cc4)CC[C@H]3C)c2[nH]1. The van der Waals surface area contributed by atoms with E-state index in [0.29, 0.717) is 16.9 Å². The van der Waals surface area contributed by atoms with Crippen LogP contribution < -0.4 is 5.56 Å². The summed E-state index contributed by atoms with van der Waals surface area (Å²) >= 11 is 0. The van der Waals surface area contributed by atoms with Crippen molar-refractivity contribution in [1.29, 1.82) is 0 Å². The molecule has 1 amide bonds. The predicted octanol–water partition coefficient (Wildman–Crippen LogP) is 3.10. The summed E-state index contributed by atoms with van der Waals surface area (Å²) in [7, 11) is 0. The Bertz CT molecular complexity index is 1070. The van der Waals surface area contributed by atoms with E-state index in [1.54, 1.807) is 19.1 Å². The normalized spacial score (nSPS) is 19.5. The van der Waals surface area contributed by atoms with E-state index in [9.17, 15) is 14.0 Å². The zero-order chi connectivity index (χ0) is 19.8. The van der Waals surface area contributed by atoms with Crippen LogP contribution in [0.25, 0.3) is 5.65 Å². The van der Waals surface area contributed by atoms with Crippen LogP contribution in [-0.2, 0) is 6.42 Å². The Hall–Kier alpha value is -2.96. The molecule has 0 spiro atoms. The van der Waals surface area contributed by atoms with Gasteiger partial charge in [0.1, 0.15) is 17.0 Å². The van der Waals surface area contributed by atoms with Crippen LogP contribution in [0.3, 0.4) is 0 Å². The average molecular weight is 382 g/mol. The second-order valence-corrected chi connectivity index (χ2v) is 7.57. The van der Waals surface area contributed by atoms with Crippen molar-refractivity contribution in [3.05, 3.63) is 69.5 Å². The number of carbonyl (C=O) groups is 1. The minimum absolute atomic E-state index is 0.106. The van der Waals surface area contributed by atoms with Crippen LogP contribution in [0.1, 0.15) is 47.8 Å². The molecule has 1 aliphatic heterocycles. The van der Waals surface area contributed by atoms with Gasteiger partial charge < -0.3 is 9.88 Å². The van der Waals surface area contributed by atoms with Gasteiger partial charge in [-0.1, -0.05) is 12.1 Å². The van der Waals surface area contributed by atoms with Crippen LogP contribution in [0.15, 0.2) is 41.3 Å². The smallest absolute Gasteiger partial charge is 0.274 e. The van der Waals surface area contributed by atoms with E-state index in [1.165, 1.54) is 28.9 Å². The zero-order valence-corrected chi connectivity index (χ0v) is 16.0. The molecule has 7 heteroatoms. The summed E-state index contributed by atoms with van der Waals surface area (Å²) in [5.41, 5.74) is 2.35. The van der Waals surface area contributed by atoms with Gasteiger partial charge in [-0.05, 0) is 57.2 Å². The maximum atomic E-state index is 13.3. The van der Waals surface area contributed by atoms with E-state index in [-0.39, 0.29) is 29.4 Å². The second-order valence-electron chi connectivity index (χ2n) is 7.57. The van der Waals surface area contributed by atoms with Gasteiger partial charge in [0.05, 0.1) is 6.20 Å². The highest BCUT2D eigenvalue weighted by Crippen LogP contribution is 2.29. The van der Waals surface area contributed by atoms with Crippen LogP contribution in [-0.4, -0.2) is 37.5 Å². The molecule has 1 aliphatic rings. The largest absolute Gasteiger partial charge is 0.343 e. The van der Waals surface area contributed by atoms with Gasteiger partial charge in [-0.15, -0.1) is 0 Å². The molecular weight excluding hydrogens is 359 g/mol. The number of aromatic nitrogens is 3. The fourth-order valence-corrected chi connectivity index (χ4v) is 4.11. The first kappa shape index (κ1) is 18.4. The maximum absolute atomic E-state index is 13.3. The molecule has 6 nitrogen and oxygen atoms in total. The zero-order valence-electron chi connectivity index (χ0n) is 16.0. The monoisotopic (exact) mass is 382 g/mol. The van der Waals surface area contributed by atoms with Crippen LogP contribution in [0.2, 0.25) is 0 Å². The molecule has 0 bridgehead atoms. The van der Waals surface area contributed by atoms with E-state index < -0.39 is 0 Å². The fourth-order valence-electron chi connectivity index (χ4n) is 4.11. The Morgan fingerprint density at radius 2 is 2.04 bits per heavy atom. The first-order valence-electron chi connectivity index (χ1n) is 9.59. The Balaban J connectivity index is 1.58. The summed E-state index contributed by atoms with van der Waals surface area (Å²) in [5.74, 6) is -0.349. The van der Waals surface area contributed by atoms with Gasteiger partial charge in [-0.25, -0.2) is 4.39 Å². The summed E-state index contributed by atoms with van der Waals surface area (Å²) in [5, 5.41) is 4.09. The van der Waals surface area contributed by atoms with Gasteiger partial charge >= 0.3 is 0 Å². The number of benzene rings is 1. The van der Waals surface area contributed by atoms with Gasteiger partial charge in [0, 0.05) is 23.8 Å². The van der Waals surface area contributed by atoms with Crippen LogP contribution in [0.5, 0.6) is 0 Å². The average Bonchev–Trinajstić information content (AvgIpc) is 3.24. The number of amides is 1. The molecule has 0 unspecified atom stereocenters. The number of rotatable bonds is 4. The van der Waals surface area contributed by atoms with Gasteiger partial charge in [-0.3, -0.25) is 9.59 Å². The molecule has 1 fully saturated rings. The highest BCUT2D eigenvalue weighted by Gasteiger charge is 2.35. The molecule has 1 saturated heterocycles. The van der Waals surface area contributed by atoms with Crippen molar-refractivity contribution in [2.24, 2.45) is 0 Å². The number of hydrogen-bond acceptors (Lipinski definition) is 3. The van der Waals surface area contributed by atoms with Crippen molar-refractivity contribution < 1.29 is 9.18 Å². The minimum Gasteiger partial charge on any atom is -0.343 e. The third kappa shape index (κ3) is 3.32. The van der Waals surface area contributed by atoms with Crippen LogP contribution >= 0.6 is 0 Å². The molecule has 3 aromatic rings. The van der Waals surface area contributed by atoms with Gasteiger partial charge in [0.25, 0.3) is 11.5 Å². The quantitative estimate of drug-likeness (QED) is 0.754. The Kier molecular flexibility index (Phi) is 4.75. The lowest BCUT2D eigenvalue weighted by Gasteiger charge is -2.28. The van der Waals surface area contributed by atoms with Crippen molar-refractivity contribution in [1.82, 2.24) is 19.5 Å². The Morgan fingerprint density at radius 1 is 1.29 bits per heavy atom. The fraction of sp³-hybridized carbons (Fsp3) is 0.381. The van der Waals surface area contributed by atoms with Crippen molar-refractivity contribution in [3.8, 4) is 0 Å². The van der Waals surface area contributed by atoms with E-state index in [0.717, 1.165) is 31.2 Å². The number of hydrogen-bond donors (Lipinski definition) is 1. The number of carbonyl (C=O) groups excluding carboxylic acids is 1. The van der Waals surface area contributed by atoms with E-state index in [4.69, 9.17) is 0 Å². The summed E-state index contributed by atoms with van der Waals surface area (Å²) in [6.45, 7) is 3.84. The van der Waals surface area contributed by atoms with Crippen LogP contribution in [0, 0.1) is 12.7 Å². The number of aryl methyl sites for hydroxylation is 2. The lowest BCUT2D eigenvalue weighted by molar-refractivity contribution is 0.0674. The number of nitrogens with zero attached hydrogens (tertiary/aromatic N) is 3. The summed E-state index contributed by atoms with van der Waals surface area (Å²) in [4.78, 5) is 30.4. The van der Waals surface area contributed by atoms with E-state index >= 15 is 0 Å². The molecule has 0 radical (unpaired) electrons. The third-order valence-electron chi connectivity index (χ3n) is 5.56. The number of likely N-dealkylation sites (tertiary alicyclic amines) is 1. The number of nitrogens with one attached hydrogen (secondary N) is 1. The molecule has 146 valence electrons. The molecule has 1 aromatic carbocycles. The highest BCUT2D eigenvalue weighted by atomic mass is 19.1. The van der Waals surface area contributed by atoms with Gasteiger partial charge in [0.2, 0.25) is 0 Å². The maximum Gasteiger partial charge on any atom is 0.274 e. The first-order valence-corrected chi connectivity index (χ1v) is 9.59. The lowest BCUT2D eigenvalue weighted by atomic mass is 10.0. The molecule has 1 N–H and O–H groups in total. The Morgan fingerprint density at radius 3 is 2.79 bits per heavy atom. The summed E-state index contributed by atoms with van der Waals surface area (Å²) < 4.78 is 14.3. The second kappa shape index (κ2) is 7.22. The molecule has 0 aliphatic carbocycles. The van der Waals surface area contributed by atoms with Crippen molar-refractivity contribution in [2.45, 2.75) is 51.6 Å². The van der Waals surface area contributed by atoms with Crippen LogP contribution in [0.4, 0.5) is 4.39 Å². The lowest BCUT2D eigenvalue weighted by Crippen LogP contribution is -2.40. The van der Waals surface area contributed by atoms with E-state index in [2.05, 4.69) is 17.0 Å². The molecular formula is C21H23FN4O2. The number of aromatic amines is 1. The summed E-state index contributed by atoms with van der Waals surface area (Å²) in [6, 6.07) is 8.20. The van der Waals surface area contributed by atoms with Gasteiger partial charge in [0.15, 0.2) is 0 Å². The van der Waals surface area contributed by atoms with E-state index in [1.807, 2.05) is 4.90 Å². The molecule has 28 heavy (non-hydrogen) atoms. The third-order valence-corrected chi connectivity index (χ3v) is 5.56. The summed E-state index contributed by atoms with van der Waals surface area (Å²) in [6.07, 6.45) is 4.94. The number of halogens is 1. The first-order chi connectivity index (χ1) is 13.4. The molecule has 4 rings (SSSR count). The van der Waals surface area contributed by atoms with Crippen molar-refractivity contribution in [2.75, 3.05) is 0 Å². The number of H-pyrrole nitrogens is 1. The molecule has 0 saturated carbocycles. The van der Waals surface area contributed by atoms with Crippen molar-refractivity contribution >= 4 is 11.6 Å². The van der Waals surface area contributed by atoms with Crippen molar-refractivity contribution in [3.63, 3.8) is 0 Å². The molecule has 2 atom stereocenters. The standard InChI is InChI=1S/C21H23FN4O2/c1-13-11-19(27)26-20(24-13)18(12-23-26)21(28)25-14(2)3-9-17(25)10-6-15-4-7-16(22)8-5-15/h4-5,7-8,11-12,14,17,24H,3,6,9-10H2,1-2H3/t14-,17-/m1/s1.